The number of ether oxygens (including phenoxy) is 2. The minimum absolute atomic E-state index is 0.0252. The molecule has 1 rings (SSSR count). The van der Waals surface area contributed by atoms with Gasteiger partial charge in [-0.1, -0.05) is 0 Å². The Kier molecular flexibility index (Phi) is 5.63. The quantitative estimate of drug-likeness (QED) is 0.826. The monoisotopic (exact) mass is 266 g/mol. The molecule has 0 aliphatic heterocycles. The molecule has 106 valence electrons. The van der Waals surface area contributed by atoms with Crippen LogP contribution in [0.3, 0.4) is 0 Å². The Morgan fingerprint density at radius 1 is 1.32 bits per heavy atom. The van der Waals surface area contributed by atoms with Gasteiger partial charge in [-0.15, -0.1) is 0 Å². The Hall–Kier alpha value is -1.75. The van der Waals surface area contributed by atoms with Crippen LogP contribution in [0, 0.1) is 6.92 Å². The maximum absolute atomic E-state index is 11.8. The van der Waals surface area contributed by atoms with Gasteiger partial charge in [0, 0.05) is 24.2 Å². The number of benzene rings is 1. The molecule has 0 bridgehead atoms. The molecule has 0 spiro atoms. The molecule has 19 heavy (non-hydrogen) atoms. The molecule has 1 aromatic carbocycles. The Labute approximate surface area is 114 Å². The summed E-state index contributed by atoms with van der Waals surface area (Å²) in [5.41, 5.74) is 7.28. The topological polar surface area (TPSA) is 73.6 Å². The fourth-order valence-electron chi connectivity index (χ4n) is 1.69. The zero-order valence-electron chi connectivity index (χ0n) is 11.9. The van der Waals surface area contributed by atoms with Gasteiger partial charge in [-0.3, -0.25) is 4.79 Å². The van der Waals surface area contributed by atoms with Crippen molar-refractivity contribution in [3.8, 4) is 11.5 Å². The first-order valence-electron chi connectivity index (χ1n) is 6.26. The van der Waals surface area contributed by atoms with E-state index in [9.17, 15) is 4.79 Å². The van der Waals surface area contributed by atoms with Crippen molar-refractivity contribution in [1.29, 1.82) is 0 Å². The lowest BCUT2D eigenvalue weighted by molar-refractivity contribution is -0.116. The lowest BCUT2D eigenvalue weighted by atomic mass is 10.1. The van der Waals surface area contributed by atoms with Crippen LogP contribution in [0.15, 0.2) is 12.1 Å². The van der Waals surface area contributed by atoms with Crippen molar-refractivity contribution in [1.82, 2.24) is 0 Å². The average Bonchev–Trinajstić information content (AvgIpc) is 2.38. The fraction of sp³-hybridized carbons (Fsp3) is 0.500. The van der Waals surface area contributed by atoms with E-state index in [0.29, 0.717) is 24.3 Å². The minimum atomic E-state index is -0.0485. The van der Waals surface area contributed by atoms with Crippen LogP contribution in [-0.4, -0.2) is 26.2 Å². The summed E-state index contributed by atoms with van der Waals surface area (Å²) in [4.78, 5) is 11.8. The lowest BCUT2D eigenvalue weighted by Crippen LogP contribution is -2.19. The Bertz CT molecular complexity index is 445. The summed E-state index contributed by atoms with van der Waals surface area (Å²) in [6.45, 7) is 3.79. The molecule has 0 aliphatic carbocycles. The van der Waals surface area contributed by atoms with Gasteiger partial charge in [-0.25, -0.2) is 0 Å². The number of hydrogen-bond acceptors (Lipinski definition) is 4. The number of carbonyl (C=O) groups excluding carboxylic acids is 1. The van der Waals surface area contributed by atoms with Gasteiger partial charge in [0.15, 0.2) is 11.5 Å². The number of methoxy groups -OCH3 is 2. The van der Waals surface area contributed by atoms with Gasteiger partial charge in [0.05, 0.1) is 14.2 Å². The van der Waals surface area contributed by atoms with Crippen LogP contribution in [0.1, 0.15) is 25.3 Å². The first-order valence-corrected chi connectivity index (χ1v) is 6.26. The number of carbonyl (C=O) groups is 1. The second kappa shape index (κ2) is 6.99. The van der Waals surface area contributed by atoms with Gasteiger partial charge >= 0.3 is 0 Å². The van der Waals surface area contributed by atoms with Crippen LogP contribution >= 0.6 is 0 Å². The summed E-state index contributed by atoms with van der Waals surface area (Å²) in [5.74, 6) is 1.19. The van der Waals surface area contributed by atoms with Gasteiger partial charge < -0.3 is 20.5 Å². The number of amides is 1. The van der Waals surface area contributed by atoms with Gasteiger partial charge in [-0.05, 0) is 31.9 Å². The first-order chi connectivity index (χ1) is 8.97. The van der Waals surface area contributed by atoms with E-state index in [0.717, 1.165) is 11.3 Å². The third-order valence-electron chi connectivity index (χ3n) is 2.83. The maximum atomic E-state index is 11.8. The van der Waals surface area contributed by atoms with Crippen molar-refractivity contribution in [2.24, 2.45) is 5.73 Å². The standard InChI is InChI=1S/C14H22N2O3/c1-9-7-12(18-3)13(19-4)8-11(9)16-14(17)6-5-10(2)15/h7-8,10H,5-6,15H2,1-4H3,(H,16,17). The molecule has 0 saturated heterocycles. The highest BCUT2D eigenvalue weighted by molar-refractivity contribution is 5.92. The van der Waals surface area contributed by atoms with Crippen LogP contribution in [0.25, 0.3) is 0 Å². The van der Waals surface area contributed by atoms with Gasteiger partial charge in [0.2, 0.25) is 5.91 Å². The summed E-state index contributed by atoms with van der Waals surface area (Å²) in [6.07, 6.45) is 1.07. The number of nitrogens with one attached hydrogen (secondary N) is 1. The van der Waals surface area contributed by atoms with Crippen molar-refractivity contribution in [3.05, 3.63) is 17.7 Å². The van der Waals surface area contributed by atoms with Crippen LogP contribution in [0.2, 0.25) is 0 Å². The molecular formula is C14H22N2O3. The number of anilines is 1. The molecular weight excluding hydrogens is 244 g/mol. The second-order valence-electron chi connectivity index (χ2n) is 4.59. The molecule has 1 atom stereocenters. The molecule has 1 amide bonds. The summed E-state index contributed by atoms with van der Waals surface area (Å²) < 4.78 is 10.4. The lowest BCUT2D eigenvalue weighted by Gasteiger charge is -2.14. The Morgan fingerprint density at radius 3 is 2.42 bits per heavy atom. The molecule has 5 nitrogen and oxygen atoms in total. The molecule has 0 heterocycles. The molecule has 0 fully saturated rings. The van der Waals surface area contributed by atoms with E-state index in [2.05, 4.69) is 5.32 Å². The highest BCUT2D eigenvalue weighted by Crippen LogP contribution is 2.32. The van der Waals surface area contributed by atoms with E-state index in [-0.39, 0.29) is 11.9 Å². The van der Waals surface area contributed by atoms with Crippen molar-refractivity contribution in [2.45, 2.75) is 32.7 Å². The normalized spacial score (nSPS) is 11.8. The highest BCUT2D eigenvalue weighted by Gasteiger charge is 2.11. The Morgan fingerprint density at radius 2 is 1.89 bits per heavy atom. The minimum Gasteiger partial charge on any atom is -0.493 e. The van der Waals surface area contributed by atoms with Crippen molar-refractivity contribution >= 4 is 11.6 Å². The van der Waals surface area contributed by atoms with E-state index in [1.165, 1.54) is 0 Å². The smallest absolute Gasteiger partial charge is 0.224 e. The SMILES string of the molecule is COc1cc(C)c(NC(=O)CCC(C)N)cc1OC. The molecule has 5 heteroatoms. The van der Waals surface area contributed by atoms with Crippen molar-refractivity contribution in [3.63, 3.8) is 0 Å². The van der Waals surface area contributed by atoms with E-state index in [1.807, 2.05) is 19.9 Å². The van der Waals surface area contributed by atoms with Crippen LogP contribution in [-0.2, 0) is 4.79 Å². The summed E-state index contributed by atoms with van der Waals surface area (Å²) in [6, 6.07) is 3.62. The van der Waals surface area contributed by atoms with E-state index < -0.39 is 0 Å². The molecule has 1 aromatic rings. The number of rotatable bonds is 6. The molecule has 1 unspecified atom stereocenters. The Balaban J connectivity index is 2.80. The second-order valence-corrected chi connectivity index (χ2v) is 4.59. The molecule has 0 aliphatic rings. The largest absolute Gasteiger partial charge is 0.493 e. The van der Waals surface area contributed by atoms with Crippen LogP contribution in [0.5, 0.6) is 11.5 Å². The number of aryl methyl sites for hydroxylation is 1. The predicted octanol–water partition coefficient (Wildman–Crippen LogP) is 2.08. The van der Waals surface area contributed by atoms with Gasteiger partial charge in [-0.2, -0.15) is 0 Å². The molecule has 0 saturated carbocycles. The van der Waals surface area contributed by atoms with E-state index in [4.69, 9.17) is 15.2 Å². The summed E-state index contributed by atoms with van der Waals surface area (Å²) in [5, 5.41) is 2.86. The maximum Gasteiger partial charge on any atom is 0.224 e. The van der Waals surface area contributed by atoms with Gasteiger partial charge in [0.25, 0.3) is 0 Å². The van der Waals surface area contributed by atoms with E-state index in [1.54, 1.807) is 20.3 Å². The van der Waals surface area contributed by atoms with Gasteiger partial charge in [0.1, 0.15) is 0 Å². The first kappa shape index (κ1) is 15.3. The zero-order chi connectivity index (χ0) is 14.4. The molecule has 0 aromatic heterocycles. The van der Waals surface area contributed by atoms with Crippen LogP contribution < -0.4 is 20.5 Å². The van der Waals surface area contributed by atoms with Crippen LogP contribution in [0.4, 0.5) is 5.69 Å². The third kappa shape index (κ3) is 4.44. The summed E-state index contributed by atoms with van der Waals surface area (Å²) >= 11 is 0. The van der Waals surface area contributed by atoms with Crippen molar-refractivity contribution < 1.29 is 14.3 Å². The third-order valence-corrected chi connectivity index (χ3v) is 2.83. The summed E-state index contributed by atoms with van der Waals surface area (Å²) in [7, 11) is 3.15. The van der Waals surface area contributed by atoms with E-state index >= 15 is 0 Å². The number of nitrogens with two attached hydrogens (primary N) is 1. The average molecular weight is 266 g/mol. The number of hydrogen-bond donors (Lipinski definition) is 2. The fourth-order valence-corrected chi connectivity index (χ4v) is 1.69. The molecule has 3 N–H and O–H groups in total. The highest BCUT2D eigenvalue weighted by atomic mass is 16.5. The van der Waals surface area contributed by atoms with Crippen molar-refractivity contribution in [2.75, 3.05) is 19.5 Å². The predicted molar refractivity (Wildman–Crippen MR) is 75.8 cm³/mol. The zero-order valence-corrected chi connectivity index (χ0v) is 11.9. The molecule has 0 radical (unpaired) electrons.